The maximum Gasteiger partial charge on any atom is 0.306 e. The van der Waals surface area contributed by atoms with Gasteiger partial charge in [-0.25, -0.2) is 0 Å². The molecule has 0 aromatic rings. The van der Waals surface area contributed by atoms with E-state index in [9.17, 15) is 14.4 Å². The van der Waals surface area contributed by atoms with Gasteiger partial charge in [-0.3, -0.25) is 14.4 Å². The van der Waals surface area contributed by atoms with E-state index >= 15 is 0 Å². The van der Waals surface area contributed by atoms with Crippen LogP contribution in [0.2, 0.25) is 0 Å². The zero-order valence-corrected chi connectivity index (χ0v) is 52.5. The third-order valence-corrected chi connectivity index (χ3v) is 13.8. The van der Waals surface area contributed by atoms with Crippen LogP contribution < -0.4 is 0 Å². The summed E-state index contributed by atoms with van der Waals surface area (Å²) in [5.74, 6) is -0.923. The summed E-state index contributed by atoms with van der Waals surface area (Å²) in [4.78, 5) is 38.3. The fourth-order valence-electron chi connectivity index (χ4n) is 8.80. The first-order valence-electron chi connectivity index (χ1n) is 33.3. The molecule has 6 nitrogen and oxygen atoms in total. The first kappa shape index (κ1) is 76.3. The lowest BCUT2D eigenvalue weighted by Crippen LogP contribution is -2.30. The van der Waals surface area contributed by atoms with E-state index in [4.69, 9.17) is 14.2 Å². The van der Waals surface area contributed by atoms with Crippen LogP contribution in [0.25, 0.3) is 0 Å². The van der Waals surface area contributed by atoms with Gasteiger partial charge in [0, 0.05) is 19.3 Å². The summed E-state index contributed by atoms with van der Waals surface area (Å²) in [6.45, 7) is 6.44. The maximum absolute atomic E-state index is 12.9. The second-order valence-electron chi connectivity index (χ2n) is 21.6. The Bertz CT molecular complexity index is 1760. The van der Waals surface area contributed by atoms with Crippen molar-refractivity contribution in [1.29, 1.82) is 0 Å². The third-order valence-electron chi connectivity index (χ3n) is 13.8. The van der Waals surface area contributed by atoms with Crippen LogP contribution in [0.15, 0.2) is 146 Å². The summed E-state index contributed by atoms with van der Waals surface area (Å²) in [5.41, 5.74) is 0. The molecule has 0 bridgehead atoms. The van der Waals surface area contributed by atoms with Gasteiger partial charge in [-0.15, -0.1) is 0 Å². The Morgan fingerprint density at radius 3 is 0.802 bits per heavy atom. The molecule has 0 aromatic carbocycles. The van der Waals surface area contributed by atoms with Crippen molar-refractivity contribution in [3.63, 3.8) is 0 Å². The van der Waals surface area contributed by atoms with Gasteiger partial charge >= 0.3 is 17.9 Å². The van der Waals surface area contributed by atoms with Gasteiger partial charge in [-0.1, -0.05) is 276 Å². The number of hydrogen-bond acceptors (Lipinski definition) is 6. The van der Waals surface area contributed by atoms with Gasteiger partial charge in [0.15, 0.2) is 6.10 Å². The van der Waals surface area contributed by atoms with Crippen molar-refractivity contribution in [2.45, 2.75) is 297 Å². The van der Waals surface area contributed by atoms with Gasteiger partial charge in [0.2, 0.25) is 0 Å². The number of esters is 3. The zero-order chi connectivity index (χ0) is 58.5. The molecule has 0 fully saturated rings. The first-order chi connectivity index (χ1) is 40.0. The number of rotatable bonds is 59. The van der Waals surface area contributed by atoms with Crippen LogP contribution in [0.4, 0.5) is 0 Å². The standard InChI is InChI=1S/C75H122O6/c1-4-7-10-13-16-19-22-24-26-28-30-31-32-33-34-35-36-37-38-39-40-41-42-43-45-46-48-50-53-56-59-62-65-68-74(77)80-71-72(70-79-73(76)67-64-61-58-55-52-21-18-15-12-9-6-3)81-75(78)69-66-63-60-57-54-51-49-47-44-29-27-25-23-20-17-14-11-8-5-2/h7,10,15-20,24-27,30-31,33-34,36-37,39-40,42-44,47,72H,4-6,8-9,11-14,21-23,28-29,32,35,38,41,45-46,48-71H2,1-3H3/b10-7-,18-15-,19-16-,20-17-,26-24-,27-25-,31-30-,34-33-,37-36-,40-39-,43-42-,47-44-. The lowest BCUT2D eigenvalue weighted by atomic mass is 10.1. The van der Waals surface area contributed by atoms with Crippen LogP contribution in [-0.2, 0) is 28.6 Å². The van der Waals surface area contributed by atoms with Crippen LogP contribution >= 0.6 is 0 Å². The summed E-state index contributed by atoms with van der Waals surface area (Å²) >= 11 is 0. The highest BCUT2D eigenvalue weighted by molar-refractivity contribution is 5.71. The van der Waals surface area contributed by atoms with E-state index in [0.717, 1.165) is 154 Å². The van der Waals surface area contributed by atoms with Gasteiger partial charge in [0.1, 0.15) is 13.2 Å². The van der Waals surface area contributed by atoms with E-state index in [1.54, 1.807) is 0 Å². The number of carbonyl (C=O) groups excluding carboxylic acids is 3. The van der Waals surface area contributed by atoms with Crippen molar-refractivity contribution in [2.24, 2.45) is 0 Å². The van der Waals surface area contributed by atoms with E-state index in [1.807, 2.05) is 0 Å². The Balaban J connectivity index is 4.29. The molecule has 0 rings (SSSR count). The summed E-state index contributed by atoms with van der Waals surface area (Å²) in [7, 11) is 0. The van der Waals surface area contributed by atoms with Crippen molar-refractivity contribution < 1.29 is 28.6 Å². The van der Waals surface area contributed by atoms with Crippen molar-refractivity contribution in [3.8, 4) is 0 Å². The molecule has 0 spiro atoms. The lowest BCUT2D eigenvalue weighted by Gasteiger charge is -2.18. The number of hydrogen-bond donors (Lipinski definition) is 0. The number of ether oxygens (including phenoxy) is 3. The Morgan fingerprint density at radius 1 is 0.259 bits per heavy atom. The topological polar surface area (TPSA) is 78.9 Å². The summed E-state index contributed by atoms with van der Waals surface area (Å²) in [6.07, 6.45) is 97.1. The normalized spacial score (nSPS) is 13.1. The van der Waals surface area contributed by atoms with E-state index in [2.05, 4.69) is 167 Å². The molecule has 1 atom stereocenters. The molecule has 0 aromatic heterocycles. The highest BCUT2D eigenvalue weighted by Gasteiger charge is 2.19. The van der Waals surface area contributed by atoms with Crippen molar-refractivity contribution in [3.05, 3.63) is 146 Å². The lowest BCUT2D eigenvalue weighted by molar-refractivity contribution is -0.167. The Hall–Kier alpha value is -4.71. The average molecular weight is 1120 g/mol. The largest absolute Gasteiger partial charge is 0.462 e. The quantitative estimate of drug-likeness (QED) is 0.0261. The van der Waals surface area contributed by atoms with Gasteiger partial charge in [-0.2, -0.15) is 0 Å². The smallest absolute Gasteiger partial charge is 0.306 e. The minimum Gasteiger partial charge on any atom is -0.462 e. The van der Waals surface area contributed by atoms with Gasteiger partial charge in [0.05, 0.1) is 0 Å². The molecular formula is C75H122O6. The maximum atomic E-state index is 12.9. The highest BCUT2D eigenvalue weighted by atomic mass is 16.6. The number of allylic oxidation sites excluding steroid dienone is 24. The second kappa shape index (κ2) is 67.8. The monoisotopic (exact) mass is 1120 g/mol. The average Bonchev–Trinajstić information content (AvgIpc) is 3.47. The summed E-state index contributed by atoms with van der Waals surface area (Å²) in [6, 6.07) is 0. The molecule has 0 N–H and O–H groups in total. The predicted octanol–water partition coefficient (Wildman–Crippen LogP) is 23.1. The van der Waals surface area contributed by atoms with Gasteiger partial charge in [0.25, 0.3) is 0 Å². The fraction of sp³-hybridized carbons (Fsp3) is 0.640. The number of unbranched alkanes of at least 4 members (excludes halogenated alkanes) is 24. The molecule has 6 heteroatoms. The van der Waals surface area contributed by atoms with Crippen molar-refractivity contribution in [1.82, 2.24) is 0 Å². The predicted molar refractivity (Wildman–Crippen MR) is 352 cm³/mol. The second-order valence-corrected chi connectivity index (χ2v) is 21.6. The molecule has 0 aliphatic rings. The minimum absolute atomic E-state index is 0.0938. The van der Waals surface area contributed by atoms with Crippen LogP contribution in [-0.4, -0.2) is 37.2 Å². The fourth-order valence-corrected chi connectivity index (χ4v) is 8.80. The van der Waals surface area contributed by atoms with E-state index < -0.39 is 6.10 Å². The molecule has 0 radical (unpaired) electrons. The first-order valence-corrected chi connectivity index (χ1v) is 33.3. The van der Waals surface area contributed by atoms with Crippen LogP contribution in [0.1, 0.15) is 290 Å². The van der Waals surface area contributed by atoms with Crippen molar-refractivity contribution in [2.75, 3.05) is 13.2 Å². The van der Waals surface area contributed by atoms with Crippen LogP contribution in [0, 0.1) is 0 Å². The molecule has 0 amide bonds. The Labute approximate surface area is 499 Å². The third kappa shape index (κ3) is 66.0. The Kier molecular flexibility index (Phi) is 63.9. The summed E-state index contributed by atoms with van der Waals surface area (Å²) in [5, 5.41) is 0. The summed E-state index contributed by atoms with van der Waals surface area (Å²) < 4.78 is 16.9. The van der Waals surface area contributed by atoms with Crippen LogP contribution in [0.5, 0.6) is 0 Å². The highest BCUT2D eigenvalue weighted by Crippen LogP contribution is 2.15. The van der Waals surface area contributed by atoms with E-state index in [1.165, 1.54) is 96.3 Å². The number of carbonyl (C=O) groups is 3. The van der Waals surface area contributed by atoms with E-state index in [-0.39, 0.29) is 31.1 Å². The Morgan fingerprint density at radius 2 is 0.494 bits per heavy atom. The SMILES string of the molecule is CC/C=C\C/C=C\C/C=C\C/C=C\C/C=C\C/C=C\C/C=C\C/C=C\CCCCCCCCCCC(=O)OCC(COC(=O)CCCCCCC/C=C\CCCC)OC(=O)CCCCCCCC/C=C\C/C=C\C/C=C\CCCCC. The minimum atomic E-state index is -0.798. The molecular weight excluding hydrogens is 997 g/mol. The van der Waals surface area contributed by atoms with Crippen molar-refractivity contribution >= 4 is 17.9 Å². The molecule has 0 saturated carbocycles. The van der Waals surface area contributed by atoms with Gasteiger partial charge in [-0.05, 0) is 141 Å². The zero-order valence-electron chi connectivity index (χ0n) is 52.5. The molecule has 0 saturated heterocycles. The van der Waals surface area contributed by atoms with Gasteiger partial charge < -0.3 is 14.2 Å². The van der Waals surface area contributed by atoms with Crippen LogP contribution in [0.3, 0.4) is 0 Å². The molecule has 81 heavy (non-hydrogen) atoms. The molecule has 0 aliphatic heterocycles. The van der Waals surface area contributed by atoms with E-state index in [0.29, 0.717) is 19.3 Å². The molecule has 458 valence electrons. The molecule has 1 unspecified atom stereocenters. The molecule has 0 heterocycles. The molecule has 0 aliphatic carbocycles.